The number of piperidine rings is 1. The summed E-state index contributed by atoms with van der Waals surface area (Å²) in [5.74, 6) is -1.41. The molecule has 1 aliphatic rings. The minimum atomic E-state index is -0.844. The molecule has 6 nitrogen and oxygen atoms in total. The number of thiophene rings is 1. The minimum absolute atomic E-state index is 0.00588. The first-order valence-corrected chi connectivity index (χ1v) is 8.88. The van der Waals surface area contributed by atoms with E-state index in [1.165, 1.54) is 11.3 Å². The van der Waals surface area contributed by atoms with Crippen LogP contribution in [-0.4, -0.2) is 31.7 Å². The quantitative estimate of drug-likeness (QED) is 0.922. The van der Waals surface area contributed by atoms with Crippen LogP contribution in [0.25, 0.3) is 0 Å². The lowest BCUT2D eigenvalue weighted by Gasteiger charge is -2.39. The monoisotopic (exact) mass is 347 g/mol. The number of nitrogens with zero attached hydrogens (tertiary/aromatic N) is 3. The van der Waals surface area contributed by atoms with Crippen molar-refractivity contribution in [1.82, 2.24) is 14.7 Å². The maximum atomic E-state index is 12.6. The van der Waals surface area contributed by atoms with Gasteiger partial charge >= 0.3 is 5.97 Å². The molecule has 0 bridgehead atoms. The van der Waals surface area contributed by atoms with E-state index in [9.17, 15) is 14.7 Å². The van der Waals surface area contributed by atoms with E-state index in [4.69, 9.17) is 0 Å². The lowest BCUT2D eigenvalue weighted by molar-refractivity contribution is -0.152. The number of aromatic nitrogens is 2. The Hall–Kier alpha value is -2.15. The summed E-state index contributed by atoms with van der Waals surface area (Å²) in [7, 11) is 1.88. The fourth-order valence-electron chi connectivity index (χ4n) is 3.47. The molecule has 0 saturated carbocycles. The normalized spacial score (nSPS) is 21.3. The van der Waals surface area contributed by atoms with E-state index in [1.807, 2.05) is 37.7 Å². The standard InChI is InChI=1S/C17H21N3O3S/c1-10-14(11(2)19(3)18-10)8-20-15(21)5-4-13(17(22)23)16(20)12-6-7-24-9-12/h6-7,9,13,16H,4-5,8H2,1-3H3,(H,22,23)/t13-,16+/m1/s1. The second-order valence-electron chi connectivity index (χ2n) is 6.28. The van der Waals surface area contributed by atoms with E-state index in [0.717, 1.165) is 22.5 Å². The molecule has 0 spiro atoms. The van der Waals surface area contributed by atoms with Gasteiger partial charge in [-0.2, -0.15) is 16.4 Å². The Morgan fingerprint density at radius 2 is 2.21 bits per heavy atom. The van der Waals surface area contributed by atoms with Gasteiger partial charge in [-0.25, -0.2) is 0 Å². The number of hydrogen-bond acceptors (Lipinski definition) is 4. The molecule has 3 heterocycles. The van der Waals surface area contributed by atoms with Crippen molar-refractivity contribution in [3.8, 4) is 0 Å². The third-order valence-electron chi connectivity index (χ3n) is 4.90. The summed E-state index contributed by atoms with van der Waals surface area (Å²) in [5, 5.41) is 17.9. The minimum Gasteiger partial charge on any atom is -0.481 e. The first kappa shape index (κ1) is 16.7. The number of carbonyl (C=O) groups excluding carboxylic acids is 1. The molecule has 0 unspecified atom stereocenters. The van der Waals surface area contributed by atoms with E-state index in [-0.39, 0.29) is 12.3 Å². The SMILES string of the molecule is Cc1nn(C)c(C)c1CN1C(=O)CC[C@@H](C(=O)O)[C@@H]1c1ccsc1. The van der Waals surface area contributed by atoms with E-state index >= 15 is 0 Å². The first-order chi connectivity index (χ1) is 11.4. The molecular weight excluding hydrogens is 326 g/mol. The maximum absolute atomic E-state index is 12.6. The van der Waals surface area contributed by atoms with E-state index in [0.29, 0.717) is 13.0 Å². The van der Waals surface area contributed by atoms with Crippen LogP contribution in [0, 0.1) is 19.8 Å². The highest BCUT2D eigenvalue weighted by atomic mass is 32.1. The second-order valence-corrected chi connectivity index (χ2v) is 7.06. The van der Waals surface area contributed by atoms with Crippen LogP contribution in [0.2, 0.25) is 0 Å². The fraction of sp³-hybridized carbons (Fsp3) is 0.471. The molecule has 1 aliphatic heterocycles. The molecule has 128 valence electrons. The Bertz CT molecular complexity index is 766. The van der Waals surface area contributed by atoms with E-state index in [1.54, 1.807) is 9.58 Å². The van der Waals surface area contributed by atoms with Crippen molar-refractivity contribution in [2.75, 3.05) is 0 Å². The van der Waals surface area contributed by atoms with Crippen molar-refractivity contribution in [1.29, 1.82) is 0 Å². The van der Waals surface area contributed by atoms with E-state index in [2.05, 4.69) is 5.10 Å². The van der Waals surface area contributed by atoms with Gasteiger partial charge in [0.1, 0.15) is 0 Å². The van der Waals surface area contributed by atoms with Gasteiger partial charge in [0.2, 0.25) is 5.91 Å². The third kappa shape index (κ3) is 2.84. The van der Waals surface area contributed by atoms with Gasteiger partial charge in [-0.15, -0.1) is 0 Å². The number of hydrogen-bond donors (Lipinski definition) is 1. The molecular formula is C17H21N3O3S. The lowest BCUT2D eigenvalue weighted by Crippen LogP contribution is -2.44. The van der Waals surface area contributed by atoms with Gasteiger partial charge in [0, 0.05) is 31.3 Å². The molecule has 2 atom stereocenters. The fourth-order valence-corrected chi connectivity index (χ4v) is 4.16. The van der Waals surface area contributed by atoms with Gasteiger partial charge < -0.3 is 10.0 Å². The molecule has 0 radical (unpaired) electrons. The highest BCUT2D eigenvalue weighted by Gasteiger charge is 2.41. The van der Waals surface area contributed by atoms with Crippen molar-refractivity contribution >= 4 is 23.2 Å². The van der Waals surface area contributed by atoms with Crippen LogP contribution in [0.5, 0.6) is 0 Å². The van der Waals surface area contributed by atoms with Crippen molar-refractivity contribution in [3.63, 3.8) is 0 Å². The summed E-state index contributed by atoms with van der Waals surface area (Å²) in [5.41, 5.74) is 3.78. The molecule has 7 heteroatoms. The van der Waals surface area contributed by atoms with Gasteiger partial charge in [0.05, 0.1) is 17.7 Å². The summed E-state index contributed by atoms with van der Waals surface area (Å²) < 4.78 is 1.80. The molecule has 2 aromatic rings. The summed E-state index contributed by atoms with van der Waals surface area (Å²) in [4.78, 5) is 26.1. The third-order valence-corrected chi connectivity index (χ3v) is 5.60. The number of rotatable bonds is 4. The summed E-state index contributed by atoms with van der Waals surface area (Å²) in [6, 6.07) is 1.49. The van der Waals surface area contributed by atoms with Crippen LogP contribution >= 0.6 is 11.3 Å². The highest BCUT2D eigenvalue weighted by Crippen LogP contribution is 2.39. The molecule has 2 aromatic heterocycles. The van der Waals surface area contributed by atoms with Gasteiger partial charge in [-0.05, 0) is 42.7 Å². The number of aryl methyl sites for hydroxylation is 2. The molecule has 1 amide bonds. The van der Waals surface area contributed by atoms with Crippen molar-refractivity contribution in [2.24, 2.45) is 13.0 Å². The topological polar surface area (TPSA) is 75.4 Å². The Balaban J connectivity index is 2.01. The van der Waals surface area contributed by atoms with E-state index < -0.39 is 17.9 Å². The molecule has 1 fully saturated rings. The molecule has 3 rings (SSSR count). The summed E-state index contributed by atoms with van der Waals surface area (Å²) in [6.07, 6.45) is 0.659. The van der Waals surface area contributed by atoms with Crippen LogP contribution in [0.1, 0.15) is 41.4 Å². The zero-order valence-electron chi connectivity index (χ0n) is 14.0. The van der Waals surface area contributed by atoms with Crippen LogP contribution in [0.15, 0.2) is 16.8 Å². The van der Waals surface area contributed by atoms with Crippen LogP contribution in [-0.2, 0) is 23.2 Å². The van der Waals surface area contributed by atoms with Crippen molar-refractivity contribution in [2.45, 2.75) is 39.3 Å². The molecule has 0 aromatic carbocycles. The Kier molecular flexibility index (Phi) is 4.45. The predicted octanol–water partition coefficient (Wildman–Crippen LogP) is 2.66. The molecule has 0 aliphatic carbocycles. The average Bonchev–Trinajstić information content (AvgIpc) is 3.13. The lowest BCUT2D eigenvalue weighted by atomic mass is 9.85. The first-order valence-electron chi connectivity index (χ1n) is 7.93. The van der Waals surface area contributed by atoms with Crippen molar-refractivity contribution < 1.29 is 14.7 Å². The zero-order valence-corrected chi connectivity index (χ0v) is 14.8. The van der Waals surface area contributed by atoms with Crippen molar-refractivity contribution in [3.05, 3.63) is 39.3 Å². The number of aliphatic carboxylic acids is 1. The predicted molar refractivity (Wildman–Crippen MR) is 90.7 cm³/mol. The highest BCUT2D eigenvalue weighted by molar-refractivity contribution is 7.08. The number of carboxylic acids is 1. The van der Waals surface area contributed by atoms with Gasteiger partial charge in [0.15, 0.2) is 0 Å². The van der Waals surface area contributed by atoms with Gasteiger partial charge in [-0.1, -0.05) is 0 Å². The van der Waals surface area contributed by atoms with Crippen LogP contribution in [0.3, 0.4) is 0 Å². The van der Waals surface area contributed by atoms with Crippen LogP contribution in [0.4, 0.5) is 0 Å². The maximum Gasteiger partial charge on any atom is 0.308 e. The molecule has 1 N–H and O–H groups in total. The zero-order chi connectivity index (χ0) is 17.4. The number of carboxylic acid groups (broad SMARTS) is 1. The summed E-state index contributed by atoms with van der Waals surface area (Å²) >= 11 is 1.52. The Labute approximate surface area is 144 Å². The Morgan fingerprint density at radius 3 is 2.75 bits per heavy atom. The smallest absolute Gasteiger partial charge is 0.308 e. The number of amides is 1. The summed E-state index contributed by atoms with van der Waals surface area (Å²) in [6.45, 7) is 4.29. The number of carbonyl (C=O) groups is 2. The van der Waals surface area contributed by atoms with Gasteiger partial charge in [0.25, 0.3) is 0 Å². The largest absolute Gasteiger partial charge is 0.481 e. The van der Waals surface area contributed by atoms with Crippen LogP contribution < -0.4 is 0 Å². The average molecular weight is 347 g/mol. The van der Waals surface area contributed by atoms with Gasteiger partial charge in [-0.3, -0.25) is 14.3 Å². The number of likely N-dealkylation sites (tertiary alicyclic amines) is 1. The Morgan fingerprint density at radius 1 is 1.46 bits per heavy atom. The molecule has 24 heavy (non-hydrogen) atoms. The second kappa shape index (κ2) is 6.39. The molecule has 1 saturated heterocycles.